The average Bonchev–Trinajstić information content (AvgIpc) is 2.15. The lowest BCUT2D eigenvalue weighted by molar-refractivity contribution is 0.317. The predicted octanol–water partition coefficient (Wildman–Crippen LogP) is 1.96. The fourth-order valence-electron chi connectivity index (χ4n) is 0.895. The van der Waals surface area contributed by atoms with Gasteiger partial charge in [-0.1, -0.05) is 19.1 Å². The SMILES string of the molecule is CCCOc1cc[c]([Mg][Cl])cc1. The lowest BCUT2D eigenvalue weighted by atomic mass is 10.3. The first-order chi connectivity index (χ1) is 5.86. The highest BCUT2D eigenvalue weighted by molar-refractivity contribution is 7.01. The fourth-order valence-corrected chi connectivity index (χ4v) is 1.84. The predicted molar refractivity (Wildman–Crippen MR) is 53.5 cm³/mol. The van der Waals surface area contributed by atoms with Gasteiger partial charge in [-0.15, -0.1) is 3.69 Å². The van der Waals surface area contributed by atoms with Crippen LogP contribution in [0.2, 0.25) is 0 Å². The fraction of sp³-hybridized carbons (Fsp3) is 0.333. The molecule has 0 N–H and O–H groups in total. The molecule has 0 saturated carbocycles. The second-order valence-electron chi connectivity index (χ2n) is 2.63. The van der Waals surface area contributed by atoms with Crippen molar-refractivity contribution in [3.8, 4) is 5.75 Å². The molecule has 0 spiro atoms. The van der Waals surface area contributed by atoms with Crippen molar-refractivity contribution in [2.24, 2.45) is 0 Å². The number of rotatable bonds is 4. The number of hydrogen-bond acceptors (Lipinski definition) is 1. The zero-order valence-electron chi connectivity index (χ0n) is 7.22. The van der Waals surface area contributed by atoms with Crippen LogP contribution in [0.15, 0.2) is 24.3 Å². The highest BCUT2D eigenvalue weighted by Gasteiger charge is 1.95. The molecule has 0 aliphatic rings. The van der Waals surface area contributed by atoms with Crippen molar-refractivity contribution in [3.63, 3.8) is 0 Å². The van der Waals surface area contributed by atoms with Crippen LogP contribution in [0.1, 0.15) is 13.3 Å². The van der Waals surface area contributed by atoms with Gasteiger partial charge in [0.25, 0.3) is 0 Å². The van der Waals surface area contributed by atoms with Gasteiger partial charge in [-0.3, -0.25) is 0 Å². The Morgan fingerprint density at radius 3 is 2.50 bits per heavy atom. The molecule has 0 bridgehead atoms. The van der Waals surface area contributed by atoms with Gasteiger partial charge in [0.15, 0.2) is 0 Å². The largest absolute Gasteiger partial charge is 0.538 e. The van der Waals surface area contributed by atoms with Gasteiger partial charge in [0.1, 0.15) is 5.75 Å². The Hall–Kier alpha value is 0.0762. The van der Waals surface area contributed by atoms with Crippen LogP contribution in [-0.4, -0.2) is 25.9 Å². The number of ether oxygens (including phenoxy) is 1. The standard InChI is InChI=1S/C9H11O.ClH.Mg/c1-2-8-10-9-6-4-3-5-7-9;;/h4-7H,2,8H2,1H3;1H;/q;;+1/p-1. The van der Waals surface area contributed by atoms with E-state index in [4.69, 9.17) is 13.8 Å². The molecule has 1 aromatic carbocycles. The van der Waals surface area contributed by atoms with Crippen LogP contribution in [0.25, 0.3) is 0 Å². The van der Waals surface area contributed by atoms with Crippen molar-refractivity contribution < 1.29 is 4.74 Å². The monoisotopic (exact) mass is 194 g/mol. The molecule has 0 fully saturated rings. The van der Waals surface area contributed by atoms with Gasteiger partial charge in [-0.2, -0.15) is 0 Å². The lowest BCUT2D eigenvalue weighted by Crippen LogP contribution is -2.07. The molecule has 0 amide bonds. The van der Waals surface area contributed by atoms with Gasteiger partial charge in [-0.25, -0.2) is 0 Å². The van der Waals surface area contributed by atoms with Gasteiger partial charge in [0, 0.05) is 0 Å². The molecule has 0 unspecified atom stereocenters. The molecule has 0 aliphatic heterocycles. The van der Waals surface area contributed by atoms with Crippen LogP contribution >= 0.6 is 9.07 Å². The second kappa shape index (κ2) is 5.68. The summed E-state index contributed by atoms with van der Waals surface area (Å²) in [6, 6.07) is 8.06. The minimum Gasteiger partial charge on any atom is -0.494 e. The summed E-state index contributed by atoms with van der Waals surface area (Å²) in [5, 5.41) is 0. The Labute approximate surface area is 86.6 Å². The van der Waals surface area contributed by atoms with Crippen LogP contribution in [0.4, 0.5) is 0 Å². The Bertz CT molecular complexity index is 222. The second-order valence-corrected chi connectivity index (χ2v) is 4.51. The minimum absolute atomic E-state index is 0.527. The third-order valence-corrected chi connectivity index (χ3v) is 3.26. The smallest absolute Gasteiger partial charge is 0.494 e. The van der Waals surface area contributed by atoms with Crippen LogP contribution in [0.3, 0.4) is 0 Å². The van der Waals surface area contributed by atoms with Crippen molar-refractivity contribution >= 4 is 32.0 Å². The first-order valence-electron chi connectivity index (χ1n) is 4.14. The molecule has 3 heteroatoms. The molecule has 12 heavy (non-hydrogen) atoms. The van der Waals surface area contributed by atoms with Gasteiger partial charge in [-0.05, 0) is 18.6 Å². The summed E-state index contributed by atoms with van der Waals surface area (Å²) in [5.41, 5.74) is 0. The van der Waals surface area contributed by atoms with Crippen molar-refractivity contribution in [2.45, 2.75) is 13.3 Å². The van der Waals surface area contributed by atoms with E-state index in [-0.39, 0.29) is 0 Å². The molecule has 0 saturated heterocycles. The van der Waals surface area contributed by atoms with Gasteiger partial charge >= 0.3 is 19.3 Å². The minimum atomic E-state index is -0.527. The van der Waals surface area contributed by atoms with Crippen molar-refractivity contribution in [3.05, 3.63) is 24.3 Å². The van der Waals surface area contributed by atoms with E-state index in [1.165, 1.54) is 3.69 Å². The maximum absolute atomic E-state index is 5.78. The van der Waals surface area contributed by atoms with Crippen molar-refractivity contribution in [1.29, 1.82) is 0 Å². The highest BCUT2D eigenvalue weighted by atomic mass is 35.5. The Morgan fingerprint density at radius 1 is 1.33 bits per heavy atom. The molecule has 0 radical (unpaired) electrons. The molecule has 0 atom stereocenters. The summed E-state index contributed by atoms with van der Waals surface area (Å²) in [6.07, 6.45) is 1.05. The zero-order chi connectivity index (χ0) is 8.81. The van der Waals surface area contributed by atoms with E-state index in [1.807, 2.05) is 24.3 Å². The summed E-state index contributed by atoms with van der Waals surface area (Å²) in [4.78, 5) is 0. The molecular formula is C9H11ClMgO. The third-order valence-electron chi connectivity index (χ3n) is 1.55. The zero-order valence-corrected chi connectivity index (χ0v) is 9.39. The van der Waals surface area contributed by atoms with Crippen molar-refractivity contribution in [1.82, 2.24) is 0 Å². The maximum Gasteiger partial charge on any atom is 0.538 e. The van der Waals surface area contributed by atoms with Gasteiger partial charge in [0.05, 0.1) is 6.61 Å². The van der Waals surface area contributed by atoms with E-state index in [1.54, 1.807) is 0 Å². The summed E-state index contributed by atoms with van der Waals surface area (Å²) in [5.74, 6) is 0.944. The maximum atomic E-state index is 5.78. The lowest BCUT2D eigenvalue weighted by Gasteiger charge is -2.04. The third kappa shape index (κ3) is 3.21. The van der Waals surface area contributed by atoms with E-state index in [2.05, 4.69) is 6.92 Å². The molecule has 1 nitrogen and oxygen atoms in total. The molecule has 1 rings (SSSR count). The first-order valence-corrected chi connectivity index (χ1v) is 6.99. The summed E-state index contributed by atoms with van der Waals surface area (Å²) >= 11 is -0.527. The average molecular weight is 195 g/mol. The molecule has 0 aliphatic carbocycles. The molecule has 0 heterocycles. The summed E-state index contributed by atoms with van der Waals surface area (Å²) < 4.78 is 6.69. The van der Waals surface area contributed by atoms with E-state index in [0.29, 0.717) is 0 Å². The van der Waals surface area contributed by atoms with E-state index >= 15 is 0 Å². The van der Waals surface area contributed by atoms with Crippen LogP contribution < -0.4 is 8.43 Å². The number of benzene rings is 1. The first kappa shape index (κ1) is 10.2. The Balaban J connectivity index is 2.53. The van der Waals surface area contributed by atoms with Crippen LogP contribution in [0.5, 0.6) is 5.75 Å². The highest BCUT2D eigenvalue weighted by Crippen LogP contribution is 2.07. The van der Waals surface area contributed by atoms with Crippen LogP contribution in [-0.2, 0) is 0 Å². The van der Waals surface area contributed by atoms with Gasteiger partial charge in [0.2, 0.25) is 0 Å². The van der Waals surface area contributed by atoms with E-state index in [0.717, 1.165) is 18.8 Å². The van der Waals surface area contributed by atoms with Crippen molar-refractivity contribution in [2.75, 3.05) is 6.61 Å². The molecular weight excluding hydrogens is 184 g/mol. The topological polar surface area (TPSA) is 9.23 Å². The summed E-state index contributed by atoms with van der Waals surface area (Å²) in [6.45, 7) is 2.89. The van der Waals surface area contributed by atoms with E-state index < -0.39 is 19.3 Å². The molecule has 0 aromatic heterocycles. The van der Waals surface area contributed by atoms with Gasteiger partial charge < -0.3 is 13.8 Å². The normalized spacial score (nSPS) is 9.17. The van der Waals surface area contributed by atoms with E-state index in [9.17, 15) is 0 Å². The quantitative estimate of drug-likeness (QED) is 0.667. The summed E-state index contributed by atoms with van der Waals surface area (Å²) in [7, 11) is 5.78. The Kier molecular flexibility index (Phi) is 4.80. The van der Waals surface area contributed by atoms with Crippen LogP contribution in [0, 0.1) is 0 Å². The Morgan fingerprint density at radius 2 is 2.00 bits per heavy atom. The molecule has 62 valence electrons. The number of halogens is 1. The number of hydrogen-bond donors (Lipinski definition) is 0. The molecule has 1 aromatic rings.